The molecule has 0 aromatic heterocycles. The summed E-state index contributed by atoms with van der Waals surface area (Å²) in [7, 11) is 1.53. The predicted octanol–water partition coefficient (Wildman–Crippen LogP) is -0.471. The number of nitrogens with one attached hydrogen (secondary N) is 1. The SMILES string of the molecule is CCCN(CC(=O)O)CC(=O)NC. The van der Waals surface area contributed by atoms with Crippen molar-refractivity contribution in [2.24, 2.45) is 0 Å². The molecule has 0 atom stereocenters. The van der Waals surface area contributed by atoms with Gasteiger partial charge in [0, 0.05) is 7.05 Å². The van der Waals surface area contributed by atoms with E-state index in [1.54, 1.807) is 4.90 Å². The molecule has 0 aliphatic carbocycles. The normalized spacial score (nSPS) is 10.1. The van der Waals surface area contributed by atoms with Crippen molar-refractivity contribution < 1.29 is 14.7 Å². The van der Waals surface area contributed by atoms with Gasteiger partial charge in [0.15, 0.2) is 0 Å². The van der Waals surface area contributed by atoms with Crippen molar-refractivity contribution in [3.63, 3.8) is 0 Å². The summed E-state index contributed by atoms with van der Waals surface area (Å²) in [5.74, 6) is -1.06. The fourth-order valence-electron chi connectivity index (χ4n) is 1.00. The van der Waals surface area contributed by atoms with Crippen molar-refractivity contribution in [2.75, 3.05) is 26.7 Å². The van der Waals surface area contributed by atoms with Crippen LogP contribution in [0.2, 0.25) is 0 Å². The molecule has 0 saturated heterocycles. The highest BCUT2D eigenvalue weighted by atomic mass is 16.4. The lowest BCUT2D eigenvalue weighted by molar-refractivity contribution is -0.138. The van der Waals surface area contributed by atoms with Crippen LogP contribution in [0, 0.1) is 0 Å². The average molecular weight is 188 g/mol. The predicted molar refractivity (Wildman–Crippen MR) is 48.4 cm³/mol. The number of nitrogens with zero attached hydrogens (tertiary/aromatic N) is 1. The molecule has 0 aliphatic rings. The summed E-state index contributed by atoms with van der Waals surface area (Å²) in [6, 6.07) is 0. The van der Waals surface area contributed by atoms with E-state index in [0.29, 0.717) is 6.54 Å². The Morgan fingerprint density at radius 1 is 1.38 bits per heavy atom. The van der Waals surface area contributed by atoms with Gasteiger partial charge in [0.05, 0.1) is 13.1 Å². The molecule has 0 unspecified atom stereocenters. The number of carbonyl (C=O) groups excluding carboxylic acids is 1. The zero-order chi connectivity index (χ0) is 10.3. The van der Waals surface area contributed by atoms with Crippen LogP contribution in [0.4, 0.5) is 0 Å². The Labute approximate surface area is 77.7 Å². The summed E-state index contributed by atoms with van der Waals surface area (Å²) in [6.45, 7) is 2.64. The maximum Gasteiger partial charge on any atom is 0.317 e. The lowest BCUT2D eigenvalue weighted by atomic mass is 10.4. The average Bonchev–Trinajstić information content (AvgIpc) is 2.03. The van der Waals surface area contributed by atoms with E-state index in [0.717, 1.165) is 6.42 Å². The third-order valence-electron chi connectivity index (χ3n) is 1.54. The third-order valence-corrected chi connectivity index (χ3v) is 1.54. The Hall–Kier alpha value is -1.10. The molecule has 5 heteroatoms. The Balaban J connectivity index is 3.93. The molecule has 13 heavy (non-hydrogen) atoms. The number of likely N-dealkylation sites (N-methyl/N-ethyl adjacent to an activating group) is 1. The molecule has 5 nitrogen and oxygen atoms in total. The Kier molecular flexibility index (Phi) is 5.88. The molecule has 0 aromatic rings. The lowest BCUT2D eigenvalue weighted by Gasteiger charge is -2.17. The maximum atomic E-state index is 10.9. The summed E-state index contributed by atoms with van der Waals surface area (Å²) in [5, 5.41) is 11.0. The quantitative estimate of drug-likeness (QED) is 0.591. The zero-order valence-electron chi connectivity index (χ0n) is 8.04. The number of hydrogen-bond donors (Lipinski definition) is 2. The van der Waals surface area contributed by atoms with E-state index in [1.165, 1.54) is 7.05 Å². The van der Waals surface area contributed by atoms with E-state index in [9.17, 15) is 9.59 Å². The first kappa shape index (κ1) is 11.9. The first-order chi connectivity index (χ1) is 6.10. The molecule has 0 spiro atoms. The fraction of sp³-hybridized carbons (Fsp3) is 0.750. The molecule has 2 N–H and O–H groups in total. The van der Waals surface area contributed by atoms with E-state index in [-0.39, 0.29) is 19.0 Å². The molecule has 0 heterocycles. The number of carboxylic acid groups (broad SMARTS) is 1. The van der Waals surface area contributed by atoms with E-state index in [1.807, 2.05) is 6.92 Å². The van der Waals surface area contributed by atoms with Crippen LogP contribution in [0.1, 0.15) is 13.3 Å². The highest BCUT2D eigenvalue weighted by Crippen LogP contribution is 1.90. The summed E-state index contributed by atoms with van der Waals surface area (Å²) < 4.78 is 0. The highest BCUT2D eigenvalue weighted by Gasteiger charge is 2.11. The smallest absolute Gasteiger partial charge is 0.317 e. The van der Waals surface area contributed by atoms with Gasteiger partial charge in [-0.05, 0) is 13.0 Å². The van der Waals surface area contributed by atoms with E-state index >= 15 is 0 Å². The molecule has 0 fully saturated rings. The largest absolute Gasteiger partial charge is 0.480 e. The van der Waals surface area contributed by atoms with Gasteiger partial charge < -0.3 is 10.4 Å². The number of carbonyl (C=O) groups is 2. The van der Waals surface area contributed by atoms with Crippen molar-refractivity contribution in [3.05, 3.63) is 0 Å². The topological polar surface area (TPSA) is 69.6 Å². The van der Waals surface area contributed by atoms with Gasteiger partial charge in [0.2, 0.25) is 5.91 Å². The maximum absolute atomic E-state index is 10.9. The monoisotopic (exact) mass is 188 g/mol. The van der Waals surface area contributed by atoms with Crippen LogP contribution in [-0.4, -0.2) is 48.6 Å². The Bertz CT molecular complexity index is 182. The van der Waals surface area contributed by atoms with Crippen LogP contribution < -0.4 is 5.32 Å². The van der Waals surface area contributed by atoms with Gasteiger partial charge in [0.1, 0.15) is 0 Å². The second-order valence-corrected chi connectivity index (χ2v) is 2.78. The van der Waals surface area contributed by atoms with Crippen LogP contribution in [-0.2, 0) is 9.59 Å². The first-order valence-electron chi connectivity index (χ1n) is 4.24. The van der Waals surface area contributed by atoms with Crippen molar-refractivity contribution in [2.45, 2.75) is 13.3 Å². The fourth-order valence-corrected chi connectivity index (χ4v) is 1.00. The van der Waals surface area contributed by atoms with Gasteiger partial charge in [-0.3, -0.25) is 14.5 Å². The Morgan fingerprint density at radius 3 is 2.38 bits per heavy atom. The molecule has 0 aliphatic heterocycles. The van der Waals surface area contributed by atoms with E-state index < -0.39 is 5.97 Å². The molecule has 0 aromatic carbocycles. The number of carboxylic acids is 1. The second-order valence-electron chi connectivity index (χ2n) is 2.78. The molecule has 0 rings (SSSR count). The third kappa shape index (κ3) is 6.10. The highest BCUT2D eigenvalue weighted by molar-refractivity contribution is 5.78. The van der Waals surface area contributed by atoms with E-state index in [2.05, 4.69) is 5.32 Å². The van der Waals surface area contributed by atoms with Gasteiger partial charge >= 0.3 is 5.97 Å². The van der Waals surface area contributed by atoms with Crippen LogP contribution in [0.5, 0.6) is 0 Å². The van der Waals surface area contributed by atoms with Crippen LogP contribution in [0.15, 0.2) is 0 Å². The summed E-state index contributed by atoms with van der Waals surface area (Å²) >= 11 is 0. The van der Waals surface area contributed by atoms with Gasteiger partial charge in [-0.15, -0.1) is 0 Å². The van der Waals surface area contributed by atoms with Gasteiger partial charge in [-0.1, -0.05) is 6.92 Å². The summed E-state index contributed by atoms with van der Waals surface area (Å²) in [4.78, 5) is 22.9. The molecule has 1 amide bonds. The van der Waals surface area contributed by atoms with Crippen molar-refractivity contribution in [1.82, 2.24) is 10.2 Å². The van der Waals surface area contributed by atoms with Crippen LogP contribution >= 0.6 is 0 Å². The molecule has 76 valence electrons. The summed E-state index contributed by atoms with van der Waals surface area (Å²) in [6.07, 6.45) is 0.838. The molecule has 0 radical (unpaired) electrons. The molecular formula is C8H16N2O3. The second kappa shape index (κ2) is 6.42. The minimum absolute atomic E-state index is 0.0821. The lowest BCUT2D eigenvalue weighted by Crippen LogP contribution is -2.39. The van der Waals surface area contributed by atoms with Gasteiger partial charge in [-0.2, -0.15) is 0 Å². The minimum atomic E-state index is -0.905. The van der Waals surface area contributed by atoms with Crippen molar-refractivity contribution >= 4 is 11.9 Å². The summed E-state index contributed by atoms with van der Waals surface area (Å²) in [5.41, 5.74) is 0. The number of amides is 1. The van der Waals surface area contributed by atoms with Crippen molar-refractivity contribution in [1.29, 1.82) is 0 Å². The molecule has 0 saturated carbocycles. The number of aliphatic carboxylic acids is 1. The zero-order valence-corrected chi connectivity index (χ0v) is 8.04. The van der Waals surface area contributed by atoms with Gasteiger partial charge in [-0.25, -0.2) is 0 Å². The van der Waals surface area contributed by atoms with Crippen LogP contribution in [0.3, 0.4) is 0 Å². The molecular weight excluding hydrogens is 172 g/mol. The van der Waals surface area contributed by atoms with Crippen molar-refractivity contribution in [3.8, 4) is 0 Å². The minimum Gasteiger partial charge on any atom is -0.480 e. The standard InChI is InChI=1S/C8H16N2O3/c1-3-4-10(6-8(12)13)5-7(11)9-2/h3-6H2,1-2H3,(H,9,11)(H,12,13). The van der Waals surface area contributed by atoms with Gasteiger partial charge in [0.25, 0.3) is 0 Å². The first-order valence-corrected chi connectivity index (χ1v) is 4.24. The van der Waals surface area contributed by atoms with E-state index in [4.69, 9.17) is 5.11 Å². The number of hydrogen-bond acceptors (Lipinski definition) is 3. The molecule has 0 bridgehead atoms. The number of rotatable bonds is 6. The Morgan fingerprint density at radius 2 is 2.00 bits per heavy atom. The van der Waals surface area contributed by atoms with Crippen LogP contribution in [0.25, 0.3) is 0 Å².